The summed E-state index contributed by atoms with van der Waals surface area (Å²) in [6.07, 6.45) is 0.388. The maximum absolute atomic E-state index is 12.1. The molecule has 5 heteroatoms. The number of benzene rings is 2. The molecule has 0 unspecified atom stereocenters. The van der Waals surface area contributed by atoms with Crippen LogP contribution in [-0.4, -0.2) is 26.6 Å². The molecular weight excluding hydrogens is 278 g/mol. The number of para-hydroxylation sites is 1. The lowest BCUT2D eigenvalue weighted by molar-refractivity contribution is -0.116. The first-order valence-electron chi connectivity index (χ1n) is 7.09. The van der Waals surface area contributed by atoms with Crippen molar-refractivity contribution in [2.45, 2.75) is 6.42 Å². The zero-order valence-corrected chi connectivity index (χ0v) is 12.9. The fourth-order valence-electron chi connectivity index (χ4n) is 2.10. The van der Waals surface area contributed by atoms with Gasteiger partial charge in [-0.3, -0.25) is 4.79 Å². The number of ether oxygens (including phenoxy) is 1. The molecule has 0 aliphatic heterocycles. The fraction of sp³-hybridized carbons (Fsp3) is 0.235. The number of nitrogens with two attached hydrogens (primary N) is 1. The zero-order chi connectivity index (χ0) is 15.9. The number of nitrogens with zero attached hydrogens (tertiary/aromatic N) is 1. The maximum Gasteiger partial charge on any atom is 0.226 e. The average molecular weight is 299 g/mol. The Kier molecular flexibility index (Phi) is 5.25. The van der Waals surface area contributed by atoms with E-state index < -0.39 is 0 Å². The average Bonchev–Trinajstić information content (AvgIpc) is 2.55. The van der Waals surface area contributed by atoms with Gasteiger partial charge < -0.3 is 20.7 Å². The van der Waals surface area contributed by atoms with E-state index in [1.54, 1.807) is 25.3 Å². The highest BCUT2D eigenvalue weighted by Crippen LogP contribution is 2.26. The molecule has 0 fully saturated rings. The molecule has 0 bridgehead atoms. The van der Waals surface area contributed by atoms with Gasteiger partial charge in [0, 0.05) is 37.5 Å². The Morgan fingerprint density at radius 2 is 1.95 bits per heavy atom. The summed E-state index contributed by atoms with van der Waals surface area (Å²) in [5.41, 5.74) is 8.01. The van der Waals surface area contributed by atoms with Crippen LogP contribution < -0.4 is 20.7 Å². The van der Waals surface area contributed by atoms with E-state index in [9.17, 15) is 4.79 Å². The van der Waals surface area contributed by atoms with Crippen molar-refractivity contribution < 1.29 is 9.53 Å². The molecule has 3 N–H and O–H groups in total. The number of amides is 1. The molecule has 0 aromatic heterocycles. The summed E-state index contributed by atoms with van der Waals surface area (Å²) in [6, 6.07) is 15.1. The maximum atomic E-state index is 12.1. The van der Waals surface area contributed by atoms with Crippen molar-refractivity contribution in [1.82, 2.24) is 0 Å². The molecule has 2 rings (SSSR count). The molecule has 2 aromatic rings. The van der Waals surface area contributed by atoms with Crippen molar-refractivity contribution in [2.24, 2.45) is 0 Å². The second kappa shape index (κ2) is 7.36. The minimum Gasteiger partial charge on any atom is -0.494 e. The molecule has 0 heterocycles. The summed E-state index contributed by atoms with van der Waals surface area (Å²) in [5, 5.41) is 2.85. The van der Waals surface area contributed by atoms with Crippen molar-refractivity contribution in [3.8, 4) is 5.75 Å². The highest BCUT2D eigenvalue weighted by Gasteiger charge is 2.09. The normalized spacial score (nSPS) is 10.1. The molecule has 2 aromatic carbocycles. The van der Waals surface area contributed by atoms with E-state index in [4.69, 9.17) is 10.5 Å². The molecule has 5 nitrogen and oxygen atoms in total. The van der Waals surface area contributed by atoms with Gasteiger partial charge in [0.2, 0.25) is 5.91 Å². The van der Waals surface area contributed by atoms with E-state index in [1.807, 2.05) is 42.3 Å². The molecule has 0 atom stereocenters. The molecule has 0 saturated carbocycles. The van der Waals surface area contributed by atoms with E-state index in [-0.39, 0.29) is 5.91 Å². The first-order chi connectivity index (χ1) is 10.6. The number of hydrogen-bond donors (Lipinski definition) is 2. The quantitative estimate of drug-likeness (QED) is 0.805. The molecule has 0 saturated heterocycles. The number of nitrogen functional groups attached to an aromatic ring is 1. The molecule has 0 radical (unpaired) electrons. The first kappa shape index (κ1) is 15.7. The van der Waals surface area contributed by atoms with Crippen LogP contribution in [0, 0.1) is 0 Å². The first-order valence-corrected chi connectivity index (χ1v) is 7.09. The highest BCUT2D eigenvalue weighted by atomic mass is 16.5. The molecule has 1 amide bonds. The lowest BCUT2D eigenvalue weighted by Crippen LogP contribution is -2.24. The number of carbonyl (C=O) groups excluding carboxylic acids is 1. The summed E-state index contributed by atoms with van der Waals surface area (Å²) >= 11 is 0. The standard InChI is InChI=1S/C17H21N3O2/c1-20(14-6-4-3-5-7-14)11-10-17(21)19-15-9-8-13(18)12-16(15)22-2/h3-9,12H,10-11,18H2,1-2H3,(H,19,21). The predicted octanol–water partition coefficient (Wildman–Crippen LogP) is 2.74. The van der Waals surface area contributed by atoms with E-state index in [1.165, 1.54) is 0 Å². The Labute approximate surface area is 130 Å². The second-order valence-electron chi connectivity index (χ2n) is 5.02. The Bertz CT molecular complexity index is 629. The molecule has 0 spiro atoms. The van der Waals surface area contributed by atoms with Gasteiger partial charge in [-0.25, -0.2) is 0 Å². The van der Waals surface area contributed by atoms with Gasteiger partial charge in [0.25, 0.3) is 0 Å². The summed E-state index contributed by atoms with van der Waals surface area (Å²) in [6.45, 7) is 0.632. The molecule has 0 aliphatic rings. The van der Waals surface area contributed by atoms with E-state index in [0.29, 0.717) is 30.1 Å². The van der Waals surface area contributed by atoms with Gasteiger partial charge in [0.15, 0.2) is 0 Å². The highest BCUT2D eigenvalue weighted by molar-refractivity contribution is 5.92. The van der Waals surface area contributed by atoms with E-state index in [2.05, 4.69) is 5.32 Å². The van der Waals surface area contributed by atoms with Crippen LogP contribution in [0.1, 0.15) is 6.42 Å². The Morgan fingerprint density at radius 3 is 2.64 bits per heavy atom. The lowest BCUT2D eigenvalue weighted by Gasteiger charge is -2.19. The Balaban J connectivity index is 1.91. The number of nitrogens with one attached hydrogen (secondary N) is 1. The van der Waals surface area contributed by atoms with Gasteiger partial charge >= 0.3 is 0 Å². The largest absolute Gasteiger partial charge is 0.494 e. The van der Waals surface area contributed by atoms with Crippen LogP contribution in [-0.2, 0) is 4.79 Å². The van der Waals surface area contributed by atoms with Gasteiger partial charge in [-0.1, -0.05) is 18.2 Å². The van der Waals surface area contributed by atoms with Crippen LogP contribution in [0.15, 0.2) is 48.5 Å². The summed E-state index contributed by atoms with van der Waals surface area (Å²) < 4.78 is 5.22. The van der Waals surface area contributed by atoms with Gasteiger partial charge in [0.1, 0.15) is 5.75 Å². The molecular formula is C17H21N3O2. The van der Waals surface area contributed by atoms with Crippen molar-refractivity contribution in [2.75, 3.05) is 36.7 Å². The summed E-state index contributed by atoms with van der Waals surface area (Å²) in [5.74, 6) is 0.496. The van der Waals surface area contributed by atoms with Crippen molar-refractivity contribution >= 4 is 23.0 Å². The van der Waals surface area contributed by atoms with Crippen molar-refractivity contribution in [1.29, 1.82) is 0 Å². The minimum absolute atomic E-state index is 0.0640. The minimum atomic E-state index is -0.0640. The number of methoxy groups -OCH3 is 1. The summed E-state index contributed by atoms with van der Waals surface area (Å²) in [7, 11) is 3.51. The van der Waals surface area contributed by atoms with Gasteiger partial charge in [-0.05, 0) is 24.3 Å². The molecule has 116 valence electrons. The van der Waals surface area contributed by atoms with Gasteiger partial charge in [-0.15, -0.1) is 0 Å². The third kappa shape index (κ3) is 4.15. The van der Waals surface area contributed by atoms with Crippen molar-refractivity contribution in [3.63, 3.8) is 0 Å². The smallest absolute Gasteiger partial charge is 0.226 e. The van der Waals surface area contributed by atoms with Crippen molar-refractivity contribution in [3.05, 3.63) is 48.5 Å². The third-order valence-corrected chi connectivity index (χ3v) is 3.37. The molecule has 0 aliphatic carbocycles. The zero-order valence-electron chi connectivity index (χ0n) is 12.9. The predicted molar refractivity (Wildman–Crippen MR) is 90.4 cm³/mol. The third-order valence-electron chi connectivity index (χ3n) is 3.37. The molecule has 22 heavy (non-hydrogen) atoms. The van der Waals surface area contributed by atoms with Crippen LogP contribution in [0.2, 0.25) is 0 Å². The summed E-state index contributed by atoms with van der Waals surface area (Å²) in [4.78, 5) is 14.1. The van der Waals surface area contributed by atoms with Crippen LogP contribution in [0.25, 0.3) is 0 Å². The van der Waals surface area contributed by atoms with Gasteiger partial charge in [-0.2, -0.15) is 0 Å². The van der Waals surface area contributed by atoms with Crippen LogP contribution in [0.5, 0.6) is 5.75 Å². The number of hydrogen-bond acceptors (Lipinski definition) is 4. The van der Waals surface area contributed by atoms with Crippen LogP contribution >= 0.6 is 0 Å². The monoisotopic (exact) mass is 299 g/mol. The van der Waals surface area contributed by atoms with Crippen LogP contribution in [0.4, 0.5) is 17.1 Å². The fourth-order valence-corrected chi connectivity index (χ4v) is 2.10. The van der Waals surface area contributed by atoms with Crippen LogP contribution in [0.3, 0.4) is 0 Å². The topological polar surface area (TPSA) is 67.6 Å². The Morgan fingerprint density at radius 1 is 1.23 bits per heavy atom. The number of carbonyl (C=O) groups is 1. The number of anilines is 3. The Hall–Kier alpha value is -2.69. The van der Waals surface area contributed by atoms with E-state index in [0.717, 1.165) is 5.69 Å². The second-order valence-corrected chi connectivity index (χ2v) is 5.02. The van der Waals surface area contributed by atoms with E-state index >= 15 is 0 Å². The van der Waals surface area contributed by atoms with Gasteiger partial charge in [0.05, 0.1) is 12.8 Å². The SMILES string of the molecule is COc1cc(N)ccc1NC(=O)CCN(C)c1ccccc1. The number of rotatable bonds is 6. The lowest BCUT2D eigenvalue weighted by atomic mass is 10.2.